The lowest BCUT2D eigenvalue weighted by atomic mass is 10.2. The third-order valence-electron chi connectivity index (χ3n) is 3.81. The predicted molar refractivity (Wildman–Crippen MR) is 105 cm³/mol. The molecule has 2 N–H and O–H groups in total. The first-order valence-corrected chi connectivity index (χ1v) is 9.27. The van der Waals surface area contributed by atoms with Crippen LogP contribution in [0.25, 0.3) is 5.65 Å². The number of carbonyl (C=O) groups excluding carboxylic acids is 4. The number of amides is 2. The monoisotopic (exact) mass is 418 g/mol. The molecule has 2 aromatic heterocycles. The topological polar surface area (TPSA) is 145 Å². The molecule has 2 heterocycles. The summed E-state index contributed by atoms with van der Waals surface area (Å²) in [5, 5.41) is 4.80. The number of aromatic nitrogens is 2. The van der Waals surface area contributed by atoms with E-state index in [1.165, 1.54) is 18.3 Å². The number of esters is 2. The minimum absolute atomic E-state index is 0.0494. The van der Waals surface area contributed by atoms with E-state index >= 15 is 0 Å². The third-order valence-corrected chi connectivity index (χ3v) is 3.81. The number of fused-ring (bicyclic) bond motifs is 1. The summed E-state index contributed by atoms with van der Waals surface area (Å²) in [4.78, 5) is 63.8. The Morgan fingerprint density at radius 3 is 2.47 bits per heavy atom. The molecule has 0 unspecified atom stereocenters. The largest absolute Gasteiger partial charge is 0.466 e. The van der Waals surface area contributed by atoms with E-state index in [0.717, 1.165) is 10.6 Å². The summed E-state index contributed by atoms with van der Waals surface area (Å²) in [7, 11) is 0. The molecule has 0 aliphatic heterocycles. The lowest BCUT2D eigenvalue weighted by molar-refractivity contribution is -0.144. The van der Waals surface area contributed by atoms with Crippen molar-refractivity contribution in [3.8, 4) is 0 Å². The van der Waals surface area contributed by atoms with Crippen molar-refractivity contribution in [2.24, 2.45) is 0 Å². The average Bonchev–Trinajstić information content (AvgIpc) is 2.72. The van der Waals surface area contributed by atoms with Gasteiger partial charge in [0.25, 0.3) is 11.5 Å². The highest BCUT2D eigenvalue weighted by Gasteiger charge is 2.16. The summed E-state index contributed by atoms with van der Waals surface area (Å²) in [6.45, 7) is 3.38. The van der Waals surface area contributed by atoms with Crippen molar-refractivity contribution in [1.82, 2.24) is 14.7 Å². The van der Waals surface area contributed by atoms with Crippen LogP contribution in [-0.4, -0.2) is 52.9 Å². The van der Waals surface area contributed by atoms with Gasteiger partial charge in [0.05, 0.1) is 31.4 Å². The Hall–Kier alpha value is -3.76. The van der Waals surface area contributed by atoms with Gasteiger partial charge in [-0.05, 0) is 26.0 Å². The Morgan fingerprint density at radius 2 is 1.77 bits per heavy atom. The minimum atomic E-state index is -0.612. The molecule has 0 saturated carbocycles. The van der Waals surface area contributed by atoms with Crippen molar-refractivity contribution < 1.29 is 28.7 Å². The molecule has 2 amide bonds. The fraction of sp³-hybridized carbons (Fsp3) is 0.368. The first-order valence-electron chi connectivity index (χ1n) is 9.27. The van der Waals surface area contributed by atoms with Gasteiger partial charge in [-0.15, -0.1) is 0 Å². The number of hydrogen-bond donors (Lipinski definition) is 2. The first-order chi connectivity index (χ1) is 14.4. The molecule has 0 aliphatic carbocycles. The van der Waals surface area contributed by atoms with Gasteiger partial charge in [0.15, 0.2) is 5.65 Å². The number of carbonyl (C=O) groups is 4. The van der Waals surface area contributed by atoms with Crippen LogP contribution >= 0.6 is 0 Å². The third kappa shape index (κ3) is 5.87. The van der Waals surface area contributed by atoms with Crippen LogP contribution in [0.3, 0.4) is 0 Å². The maximum absolute atomic E-state index is 12.6. The second kappa shape index (κ2) is 10.7. The molecule has 160 valence electrons. The number of hydrogen-bond acceptors (Lipinski definition) is 8. The molecular formula is C19H22N4O7. The van der Waals surface area contributed by atoms with Gasteiger partial charge in [0.2, 0.25) is 5.91 Å². The smallest absolute Gasteiger partial charge is 0.325 e. The number of rotatable bonds is 9. The SMILES string of the molecule is CCOC(=O)CCC(=O)Nc1cnc2c(C(=O)NCC(=O)OCC)cccn2c1=O. The molecule has 11 nitrogen and oxygen atoms in total. The van der Waals surface area contributed by atoms with Crippen molar-refractivity contribution in [2.45, 2.75) is 26.7 Å². The van der Waals surface area contributed by atoms with Crippen molar-refractivity contribution in [3.63, 3.8) is 0 Å². The zero-order valence-electron chi connectivity index (χ0n) is 16.6. The van der Waals surface area contributed by atoms with Gasteiger partial charge in [-0.3, -0.25) is 28.4 Å². The summed E-state index contributed by atoms with van der Waals surface area (Å²) in [6.07, 6.45) is 2.24. The van der Waals surface area contributed by atoms with Crippen LogP contribution in [0.5, 0.6) is 0 Å². The summed E-state index contributed by atoms with van der Waals surface area (Å²) in [5.41, 5.74) is -0.595. The second-order valence-electron chi connectivity index (χ2n) is 5.93. The van der Waals surface area contributed by atoms with E-state index in [-0.39, 0.29) is 49.5 Å². The Bertz CT molecular complexity index is 1020. The molecule has 0 radical (unpaired) electrons. The molecule has 2 rings (SSSR count). The molecule has 0 atom stereocenters. The molecule has 2 aromatic rings. The van der Waals surface area contributed by atoms with E-state index in [0.29, 0.717) is 0 Å². The van der Waals surface area contributed by atoms with Crippen LogP contribution < -0.4 is 16.2 Å². The van der Waals surface area contributed by atoms with Crippen molar-refractivity contribution in [2.75, 3.05) is 25.1 Å². The van der Waals surface area contributed by atoms with Gasteiger partial charge in [-0.1, -0.05) is 0 Å². The van der Waals surface area contributed by atoms with Crippen LogP contribution in [0.15, 0.2) is 29.3 Å². The van der Waals surface area contributed by atoms with Gasteiger partial charge in [0.1, 0.15) is 12.2 Å². The van der Waals surface area contributed by atoms with Crippen molar-refractivity contribution in [3.05, 3.63) is 40.4 Å². The number of nitrogens with one attached hydrogen (secondary N) is 2. The number of pyridine rings is 1. The highest BCUT2D eigenvalue weighted by atomic mass is 16.5. The van der Waals surface area contributed by atoms with Crippen molar-refractivity contribution >= 4 is 35.1 Å². The fourth-order valence-electron chi connectivity index (χ4n) is 2.49. The summed E-state index contributed by atoms with van der Waals surface area (Å²) in [5.74, 6) is -2.27. The van der Waals surface area contributed by atoms with Gasteiger partial charge in [-0.2, -0.15) is 0 Å². The Kier molecular flexibility index (Phi) is 8.03. The van der Waals surface area contributed by atoms with Gasteiger partial charge < -0.3 is 20.1 Å². The highest BCUT2D eigenvalue weighted by Crippen LogP contribution is 2.09. The van der Waals surface area contributed by atoms with E-state index < -0.39 is 29.3 Å². The fourth-order valence-corrected chi connectivity index (χ4v) is 2.49. The van der Waals surface area contributed by atoms with Crippen LogP contribution in [-0.2, 0) is 23.9 Å². The van der Waals surface area contributed by atoms with E-state index in [9.17, 15) is 24.0 Å². The molecule has 0 bridgehead atoms. The lowest BCUT2D eigenvalue weighted by Gasteiger charge is -2.10. The van der Waals surface area contributed by atoms with E-state index in [2.05, 4.69) is 15.6 Å². The average molecular weight is 418 g/mol. The van der Waals surface area contributed by atoms with Crippen LogP contribution in [0, 0.1) is 0 Å². The Morgan fingerprint density at radius 1 is 1.07 bits per heavy atom. The maximum Gasteiger partial charge on any atom is 0.325 e. The van der Waals surface area contributed by atoms with Crippen LogP contribution in [0.4, 0.5) is 5.69 Å². The van der Waals surface area contributed by atoms with Crippen LogP contribution in [0.2, 0.25) is 0 Å². The first kappa shape index (κ1) is 22.5. The highest BCUT2D eigenvalue weighted by molar-refractivity contribution is 6.01. The molecule has 0 aromatic carbocycles. The van der Waals surface area contributed by atoms with Gasteiger partial charge in [0, 0.05) is 12.6 Å². The van der Waals surface area contributed by atoms with E-state index in [4.69, 9.17) is 9.47 Å². The number of nitrogens with zero attached hydrogens (tertiary/aromatic N) is 2. The van der Waals surface area contributed by atoms with Crippen molar-refractivity contribution in [1.29, 1.82) is 0 Å². The summed E-state index contributed by atoms with van der Waals surface area (Å²) >= 11 is 0. The zero-order valence-corrected chi connectivity index (χ0v) is 16.6. The Balaban J connectivity index is 2.16. The molecule has 0 saturated heterocycles. The molecular weight excluding hydrogens is 396 g/mol. The molecule has 30 heavy (non-hydrogen) atoms. The molecule has 11 heteroatoms. The van der Waals surface area contributed by atoms with Gasteiger partial charge >= 0.3 is 11.9 Å². The number of anilines is 1. The summed E-state index contributed by atoms with van der Waals surface area (Å²) < 4.78 is 10.6. The second-order valence-corrected chi connectivity index (χ2v) is 5.93. The quantitative estimate of drug-likeness (QED) is 0.552. The molecule has 0 spiro atoms. The van der Waals surface area contributed by atoms with E-state index in [1.807, 2.05) is 0 Å². The standard InChI is InChI=1S/C19H22N4O7/c1-3-29-15(25)8-7-14(24)22-13-10-20-17-12(6-5-9-23(17)19(13)28)18(27)21-11-16(26)30-4-2/h5-6,9-10H,3-4,7-8,11H2,1-2H3,(H,21,27)(H,22,24). The van der Waals surface area contributed by atoms with Crippen LogP contribution in [0.1, 0.15) is 37.0 Å². The van der Waals surface area contributed by atoms with Gasteiger partial charge in [-0.25, -0.2) is 4.98 Å². The van der Waals surface area contributed by atoms with E-state index in [1.54, 1.807) is 13.8 Å². The minimum Gasteiger partial charge on any atom is -0.466 e. The number of ether oxygens (including phenoxy) is 2. The summed E-state index contributed by atoms with van der Waals surface area (Å²) in [6, 6.07) is 2.90. The normalized spacial score (nSPS) is 10.3. The zero-order chi connectivity index (χ0) is 22.1. The molecule has 0 aliphatic rings. The predicted octanol–water partition coefficient (Wildman–Crippen LogP) is 0.269. The maximum atomic E-state index is 12.6. The lowest BCUT2D eigenvalue weighted by Crippen LogP contribution is -2.32. The Labute approximate surface area is 171 Å². The molecule has 0 fully saturated rings.